The highest BCUT2D eigenvalue weighted by atomic mass is 16.5. The average molecular weight is 629 g/mol. The van der Waals surface area contributed by atoms with E-state index in [-0.39, 0.29) is 34.2 Å². The van der Waals surface area contributed by atoms with Crippen molar-refractivity contribution in [1.82, 2.24) is 0 Å². The van der Waals surface area contributed by atoms with E-state index in [2.05, 4.69) is 0 Å². The molecule has 47 heavy (non-hydrogen) atoms. The third kappa shape index (κ3) is 9.21. The van der Waals surface area contributed by atoms with Crippen molar-refractivity contribution in [2.75, 3.05) is 7.11 Å². The molecule has 0 aliphatic carbocycles. The first-order valence-corrected chi connectivity index (χ1v) is 15.3. The van der Waals surface area contributed by atoms with Gasteiger partial charge >= 0.3 is 0 Å². The summed E-state index contributed by atoms with van der Waals surface area (Å²) < 4.78 is 11.1. The molecule has 0 spiro atoms. The van der Waals surface area contributed by atoms with E-state index in [0.29, 0.717) is 29.0 Å². The number of phenols is 2. The van der Waals surface area contributed by atoms with Gasteiger partial charge in [-0.25, -0.2) is 0 Å². The number of ether oxygens (including phenoxy) is 2. The maximum Gasteiger partial charge on any atom is 0.189 e. The zero-order valence-electron chi connectivity index (χ0n) is 27.4. The molecule has 6 heteroatoms. The highest BCUT2D eigenvalue weighted by molar-refractivity contribution is 6.10. The zero-order valence-corrected chi connectivity index (χ0v) is 27.4. The molecule has 0 unspecified atom stereocenters. The van der Waals surface area contributed by atoms with Gasteiger partial charge in [-0.3, -0.25) is 9.59 Å². The molecule has 0 aromatic heterocycles. The van der Waals surface area contributed by atoms with Crippen molar-refractivity contribution in [3.8, 4) is 23.0 Å². The van der Waals surface area contributed by atoms with E-state index in [1.54, 1.807) is 49.6 Å². The van der Waals surface area contributed by atoms with Gasteiger partial charge < -0.3 is 19.7 Å². The second-order valence-electron chi connectivity index (χ2n) is 11.8. The number of benzene rings is 4. The Labute approximate surface area is 276 Å². The maximum absolute atomic E-state index is 12.4. The number of aromatic hydroxyl groups is 2. The van der Waals surface area contributed by atoms with Crippen LogP contribution in [-0.4, -0.2) is 34.5 Å². The number of ketones is 2. The van der Waals surface area contributed by atoms with E-state index >= 15 is 0 Å². The Hall–Kier alpha value is -5.62. The molecule has 0 bridgehead atoms. The lowest BCUT2D eigenvalue weighted by molar-refractivity contribution is 0.103. The summed E-state index contributed by atoms with van der Waals surface area (Å²) in [6.07, 6.45) is 12.6. The van der Waals surface area contributed by atoms with Gasteiger partial charge in [0, 0.05) is 5.56 Å². The molecule has 6 nitrogen and oxygen atoms in total. The molecule has 1 heterocycles. The topological polar surface area (TPSA) is 93.1 Å². The highest BCUT2D eigenvalue weighted by Gasteiger charge is 2.25. The van der Waals surface area contributed by atoms with Crippen LogP contribution in [0.4, 0.5) is 0 Å². The first-order valence-electron chi connectivity index (χ1n) is 15.3. The lowest BCUT2D eigenvalue weighted by Gasteiger charge is -2.28. The minimum absolute atomic E-state index is 0.0189. The van der Waals surface area contributed by atoms with Crippen LogP contribution in [0.15, 0.2) is 115 Å². The van der Waals surface area contributed by atoms with Gasteiger partial charge in [-0.1, -0.05) is 84.5 Å². The van der Waals surface area contributed by atoms with Gasteiger partial charge in [0.05, 0.1) is 23.8 Å². The summed E-state index contributed by atoms with van der Waals surface area (Å²) in [6.45, 7) is 7.85. The van der Waals surface area contributed by atoms with Crippen LogP contribution in [0, 0.1) is 0 Å². The summed E-state index contributed by atoms with van der Waals surface area (Å²) in [6, 6.07) is 25.8. The lowest BCUT2D eigenvalue weighted by atomic mass is 9.98. The molecule has 240 valence electrons. The number of hydrogen-bond acceptors (Lipinski definition) is 6. The van der Waals surface area contributed by atoms with Crippen LogP contribution >= 0.6 is 0 Å². The molecule has 4 aromatic carbocycles. The predicted molar refractivity (Wildman–Crippen MR) is 189 cm³/mol. The Balaban J connectivity index is 0.000000213. The van der Waals surface area contributed by atoms with E-state index < -0.39 is 5.60 Å². The minimum atomic E-state index is -0.418. The molecular formula is C41H40O6. The molecule has 0 radical (unpaired) electrons. The fourth-order valence-corrected chi connectivity index (χ4v) is 4.80. The number of hydrogen-bond donors (Lipinski definition) is 2. The van der Waals surface area contributed by atoms with Gasteiger partial charge in [-0.15, -0.1) is 0 Å². The van der Waals surface area contributed by atoms with Gasteiger partial charge in [0.15, 0.2) is 11.6 Å². The van der Waals surface area contributed by atoms with Crippen molar-refractivity contribution in [1.29, 1.82) is 0 Å². The van der Waals surface area contributed by atoms with E-state index in [0.717, 1.165) is 16.7 Å². The molecule has 0 atom stereocenters. The largest absolute Gasteiger partial charge is 0.507 e. The van der Waals surface area contributed by atoms with Crippen molar-refractivity contribution in [2.24, 2.45) is 0 Å². The lowest BCUT2D eigenvalue weighted by Crippen LogP contribution is -2.27. The van der Waals surface area contributed by atoms with Crippen LogP contribution in [0.3, 0.4) is 0 Å². The molecule has 0 saturated heterocycles. The Morgan fingerprint density at radius 2 is 1.30 bits per heavy atom. The van der Waals surface area contributed by atoms with Crippen LogP contribution in [0.2, 0.25) is 0 Å². The third-order valence-electron chi connectivity index (χ3n) is 7.36. The number of carbonyl (C=O) groups is 2. The predicted octanol–water partition coefficient (Wildman–Crippen LogP) is 9.28. The summed E-state index contributed by atoms with van der Waals surface area (Å²) in [4.78, 5) is 24.8. The maximum atomic E-state index is 12.4. The number of fused-ring (bicyclic) bond motifs is 1. The number of rotatable bonds is 9. The molecule has 0 fully saturated rings. The Bertz CT molecular complexity index is 1840. The van der Waals surface area contributed by atoms with Crippen molar-refractivity contribution in [3.05, 3.63) is 148 Å². The van der Waals surface area contributed by atoms with Crippen LogP contribution in [0.1, 0.15) is 70.7 Å². The molecule has 2 N–H and O–H groups in total. The molecule has 1 aliphatic heterocycles. The first-order chi connectivity index (χ1) is 22.5. The molecular weight excluding hydrogens is 588 g/mol. The van der Waals surface area contributed by atoms with Gasteiger partial charge in [0.1, 0.15) is 28.6 Å². The zero-order chi connectivity index (χ0) is 34.0. The van der Waals surface area contributed by atoms with Crippen LogP contribution in [0.5, 0.6) is 23.0 Å². The van der Waals surface area contributed by atoms with Crippen LogP contribution < -0.4 is 9.47 Å². The number of phenolic OH excluding ortho intramolecular Hbond substituents is 2. The van der Waals surface area contributed by atoms with Gasteiger partial charge in [0.2, 0.25) is 0 Å². The Morgan fingerprint density at radius 1 is 0.766 bits per heavy atom. The summed E-state index contributed by atoms with van der Waals surface area (Å²) in [5.74, 6) is 0.614. The fraction of sp³-hybridized carbons (Fsp3) is 0.171. The second kappa shape index (κ2) is 15.6. The summed E-state index contributed by atoms with van der Waals surface area (Å²) in [5.41, 5.74) is 4.30. The number of methoxy groups -OCH3 is 1. The van der Waals surface area contributed by atoms with Crippen molar-refractivity contribution in [2.45, 2.75) is 39.7 Å². The fourth-order valence-electron chi connectivity index (χ4n) is 4.80. The van der Waals surface area contributed by atoms with Crippen molar-refractivity contribution >= 4 is 29.8 Å². The van der Waals surface area contributed by atoms with E-state index in [9.17, 15) is 19.8 Å². The van der Waals surface area contributed by atoms with E-state index in [4.69, 9.17) is 9.47 Å². The molecule has 0 saturated carbocycles. The van der Waals surface area contributed by atoms with E-state index in [1.807, 2.05) is 101 Å². The summed E-state index contributed by atoms with van der Waals surface area (Å²) in [5, 5.41) is 20.9. The SMILES string of the molecule is CC1(C)C=Cc2c(ccc(C(=O)C=Cc3ccccc3)c2O)O1.COc1ccc(C(=O)C=Cc2ccccc2)c(O)c1CC=C(C)C. The van der Waals surface area contributed by atoms with Gasteiger partial charge in [-0.2, -0.15) is 0 Å². The molecule has 4 aromatic rings. The summed E-state index contributed by atoms with van der Waals surface area (Å²) in [7, 11) is 1.55. The third-order valence-corrected chi connectivity index (χ3v) is 7.36. The quantitative estimate of drug-likeness (QED) is 0.109. The van der Waals surface area contributed by atoms with Gasteiger partial charge in [0.25, 0.3) is 0 Å². The molecule has 0 amide bonds. The van der Waals surface area contributed by atoms with Crippen LogP contribution in [-0.2, 0) is 6.42 Å². The summed E-state index contributed by atoms with van der Waals surface area (Å²) >= 11 is 0. The smallest absolute Gasteiger partial charge is 0.189 e. The Kier molecular flexibility index (Phi) is 11.4. The average Bonchev–Trinajstić information content (AvgIpc) is 3.06. The van der Waals surface area contributed by atoms with Crippen LogP contribution in [0.25, 0.3) is 18.2 Å². The van der Waals surface area contributed by atoms with Crippen molar-refractivity contribution in [3.63, 3.8) is 0 Å². The molecule has 1 aliphatic rings. The number of allylic oxidation sites excluding steroid dienone is 4. The minimum Gasteiger partial charge on any atom is -0.507 e. The highest BCUT2D eigenvalue weighted by Crippen LogP contribution is 2.38. The second-order valence-corrected chi connectivity index (χ2v) is 11.8. The van der Waals surface area contributed by atoms with Gasteiger partial charge in [-0.05, 0) is 93.8 Å². The van der Waals surface area contributed by atoms with E-state index in [1.165, 1.54) is 12.2 Å². The standard InChI is InChI=1S/C21H22O3.C20H18O3/c1-15(2)9-11-18-20(24-3)14-12-17(21(18)23)19(22)13-10-16-7-5-4-6-8-16;1-20(2)13-12-16-18(23-20)11-9-15(19(16)22)17(21)10-8-14-6-4-3-5-7-14/h4-10,12-14,23H,11H2,1-3H3;3-13,22H,1-2H3. The number of carbonyl (C=O) groups excluding carboxylic acids is 2. The normalized spacial score (nSPS) is 12.9. The first kappa shape index (κ1) is 34.3. The molecule has 5 rings (SSSR count). The Morgan fingerprint density at radius 3 is 1.83 bits per heavy atom. The van der Waals surface area contributed by atoms with Crippen molar-refractivity contribution < 1.29 is 29.3 Å². The monoisotopic (exact) mass is 628 g/mol.